The van der Waals surface area contributed by atoms with Crippen LogP contribution >= 0.6 is 0 Å². The summed E-state index contributed by atoms with van der Waals surface area (Å²) in [6, 6.07) is 9.08. The topological polar surface area (TPSA) is 3.24 Å². The van der Waals surface area contributed by atoms with Crippen LogP contribution in [0.4, 0.5) is 0 Å². The fraction of sp³-hybridized carbons (Fsp3) is 0.500. The van der Waals surface area contributed by atoms with Crippen molar-refractivity contribution in [1.82, 2.24) is 4.90 Å². The van der Waals surface area contributed by atoms with E-state index in [-0.39, 0.29) is 0 Å². The van der Waals surface area contributed by atoms with E-state index in [1.54, 1.807) is 22.4 Å². The normalized spacial score (nSPS) is 26.6. The van der Waals surface area contributed by atoms with E-state index in [9.17, 15) is 0 Å². The van der Waals surface area contributed by atoms with Gasteiger partial charge in [0.25, 0.3) is 0 Å². The van der Waals surface area contributed by atoms with Crippen molar-refractivity contribution in [1.29, 1.82) is 0 Å². The van der Waals surface area contributed by atoms with Crippen molar-refractivity contribution < 1.29 is 0 Å². The number of nitrogens with zero attached hydrogens (tertiary/aromatic N) is 1. The highest BCUT2D eigenvalue weighted by atomic mass is 15.2. The fourth-order valence-corrected chi connectivity index (χ4v) is 4.02. The van der Waals surface area contributed by atoms with Crippen molar-refractivity contribution >= 4 is 5.57 Å². The van der Waals surface area contributed by atoms with Crippen LogP contribution in [-0.4, -0.2) is 18.0 Å². The van der Waals surface area contributed by atoms with E-state index in [0.717, 1.165) is 5.92 Å². The molecule has 0 N–H and O–H groups in total. The molecule has 1 unspecified atom stereocenters. The minimum atomic E-state index is 0.828. The third-order valence-corrected chi connectivity index (χ3v) is 4.68. The molecular weight excluding hydrogens is 206 g/mol. The van der Waals surface area contributed by atoms with E-state index in [1.165, 1.54) is 45.2 Å². The Morgan fingerprint density at radius 2 is 1.94 bits per heavy atom. The second-order valence-corrected chi connectivity index (χ2v) is 5.65. The van der Waals surface area contributed by atoms with Crippen molar-refractivity contribution in [3.63, 3.8) is 0 Å². The SMILES string of the molecule is c1ccc2c(c1)CC1CCCN3CCCC2=C13. The molecule has 1 aromatic rings. The molecular formula is C16H19N. The van der Waals surface area contributed by atoms with Crippen LogP contribution in [0.25, 0.3) is 5.57 Å². The minimum absolute atomic E-state index is 0.828. The Hall–Kier alpha value is -1.24. The molecule has 1 fully saturated rings. The van der Waals surface area contributed by atoms with E-state index in [1.807, 2.05) is 0 Å². The van der Waals surface area contributed by atoms with Gasteiger partial charge in [-0.2, -0.15) is 0 Å². The average molecular weight is 225 g/mol. The van der Waals surface area contributed by atoms with Gasteiger partial charge in [-0.25, -0.2) is 0 Å². The summed E-state index contributed by atoms with van der Waals surface area (Å²) in [5.41, 5.74) is 6.56. The van der Waals surface area contributed by atoms with Gasteiger partial charge in [0.15, 0.2) is 0 Å². The molecule has 1 atom stereocenters. The molecule has 2 heterocycles. The van der Waals surface area contributed by atoms with Gasteiger partial charge in [-0.05, 0) is 48.8 Å². The number of allylic oxidation sites excluding steroid dienone is 2. The number of rotatable bonds is 0. The van der Waals surface area contributed by atoms with E-state index in [0.29, 0.717) is 0 Å². The highest BCUT2D eigenvalue weighted by molar-refractivity contribution is 5.74. The zero-order valence-electron chi connectivity index (χ0n) is 10.3. The lowest BCUT2D eigenvalue weighted by molar-refractivity contribution is 0.227. The Morgan fingerprint density at radius 3 is 2.94 bits per heavy atom. The number of hydrogen-bond donors (Lipinski definition) is 0. The Balaban J connectivity index is 1.92. The molecule has 0 aromatic heterocycles. The van der Waals surface area contributed by atoms with Crippen molar-refractivity contribution in [3.8, 4) is 0 Å². The van der Waals surface area contributed by atoms with Crippen molar-refractivity contribution in [2.75, 3.05) is 13.1 Å². The molecule has 0 saturated carbocycles. The van der Waals surface area contributed by atoms with E-state index < -0.39 is 0 Å². The number of fused-ring (bicyclic) bond motifs is 2. The molecule has 1 heteroatoms. The first-order valence-corrected chi connectivity index (χ1v) is 7.00. The van der Waals surface area contributed by atoms with Crippen molar-refractivity contribution in [2.24, 2.45) is 5.92 Å². The summed E-state index contributed by atoms with van der Waals surface area (Å²) < 4.78 is 0. The molecule has 0 amide bonds. The van der Waals surface area contributed by atoms with Crippen LogP contribution in [-0.2, 0) is 6.42 Å². The highest BCUT2D eigenvalue weighted by Crippen LogP contribution is 2.44. The summed E-state index contributed by atoms with van der Waals surface area (Å²) >= 11 is 0. The Bertz CT molecular complexity index is 486. The lowest BCUT2D eigenvalue weighted by Gasteiger charge is -2.45. The molecule has 2 aliphatic heterocycles. The van der Waals surface area contributed by atoms with E-state index >= 15 is 0 Å². The number of piperidine rings is 1. The van der Waals surface area contributed by atoms with Crippen LogP contribution in [0.5, 0.6) is 0 Å². The van der Waals surface area contributed by atoms with Crippen LogP contribution in [0, 0.1) is 5.92 Å². The maximum Gasteiger partial charge on any atom is 0.0206 e. The zero-order chi connectivity index (χ0) is 11.2. The van der Waals surface area contributed by atoms with Gasteiger partial charge in [0, 0.05) is 24.7 Å². The smallest absolute Gasteiger partial charge is 0.0206 e. The molecule has 88 valence electrons. The van der Waals surface area contributed by atoms with Crippen LogP contribution in [0.3, 0.4) is 0 Å². The first kappa shape index (κ1) is 9.76. The van der Waals surface area contributed by atoms with E-state index in [4.69, 9.17) is 0 Å². The summed E-state index contributed by atoms with van der Waals surface area (Å²) in [4.78, 5) is 2.68. The quantitative estimate of drug-likeness (QED) is 0.653. The zero-order valence-corrected chi connectivity index (χ0v) is 10.3. The Labute approximate surface area is 103 Å². The lowest BCUT2D eigenvalue weighted by atomic mass is 9.75. The largest absolute Gasteiger partial charge is 0.374 e. The molecule has 1 aliphatic carbocycles. The molecule has 0 spiro atoms. The van der Waals surface area contributed by atoms with Gasteiger partial charge in [-0.1, -0.05) is 24.3 Å². The maximum atomic E-state index is 2.68. The monoisotopic (exact) mass is 225 g/mol. The summed E-state index contributed by atoms with van der Waals surface area (Å²) in [5.74, 6) is 0.828. The molecule has 4 rings (SSSR count). The average Bonchev–Trinajstić information content (AvgIpc) is 2.39. The molecule has 1 nitrogen and oxygen atoms in total. The lowest BCUT2D eigenvalue weighted by Crippen LogP contribution is -2.39. The van der Waals surface area contributed by atoms with Gasteiger partial charge in [0.1, 0.15) is 0 Å². The Morgan fingerprint density at radius 1 is 1.06 bits per heavy atom. The second-order valence-electron chi connectivity index (χ2n) is 5.65. The third kappa shape index (κ3) is 1.38. The fourth-order valence-electron chi connectivity index (χ4n) is 4.02. The first-order valence-electron chi connectivity index (χ1n) is 7.00. The summed E-state index contributed by atoms with van der Waals surface area (Å²) in [7, 11) is 0. The van der Waals surface area contributed by atoms with Crippen LogP contribution in [0.15, 0.2) is 30.0 Å². The van der Waals surface area contributed by atoms with Gasteiger partial charge in [0.2, 0.25) is 0 Å². The standard InChI is InChI=1S/C16H19N/c1-2-7-14-12(5-1)11-13-6-3-9-17-10-4-8-15(14)16(13)17/h1-2,5,7,13H,3-4,6,8-11H2. The van der Waals surface area contributed by atoms with E-state index in [2.05, 4.69) is 29.2 Å². The highest BCUT2D eigenvalue weighted by Gasteiger charge is 2.34. The van der Waals surface area contributed by atoms with Gasteiger partial charge in [0.05, 0.1) is 0 Å². The van der Waals surface area contributed by atoms with Crippen LogP contribution in [0.2, 0.25) is 0 Å². The van der Waals surface area contributed by atoms with Crippen LogP contribution in [0.1, 0.15) is 36.8 Å². The molecule has 0 radical (unpaired) electrons. The summed E-state index contributed by atoms with van der Waals surface area (Å²) in [6.07, 6.45) is 6.73. The van der Waals surface area contributed by atoms with Gasteiger partial charge in [-0.3, -0.25) is 0 Å². The van der Waals surface area contributed by atoms with Gasteiger partial charge in [-0.15, -0.1) is 0 Å². The minimum Gasteiger partial charge on any atom is -0.374 e. The number of hydrogen-bond acceptors (Lipinski definition) is 1. The van der Waals surface area contributed by atoms with Crippen molar-refractivity contribution in [3.05, 3.63) is 41.1 Å². The molecule has 1 aromatic carbocycles. The number of benzene rings is 1. The van der Waals surface area contributed by atoms with Gasteiger partial charge >= 0.3 is 0 Å². The van der Waals surface area contributed by atoms with Crippen molar-refractivity contribution in [2.45, 2.75) is 32.1 Å². The predicted octanol–water partition coefficient (Wildman–Crippen LogP) is 3.46. The summed E-state index contributed by atoms with van der Waals surface area (Å²) in [5, 5.41) is 0. The summed E-state index contributed by atoms with van der Waals surface area (Å²) in [6.45, 7) is 2.61. The second kappa shape index (κ2) is 3.63. The Kier molecular flexibility index (Phi) is 2.08. The molecule has 0 bridgehead atoms. The molecule has 17 heavy (non-hydrogen) atoms. The van der Waals surface area contributed by atoms with Crippen LogP contribution < -0.4 is 0 Å². The van der Waals surface area contributed by atoms with Gasteiger partial charge < -0.3 is 4.90 Å². The molecule has 3 aliphatic rings. The predicted molar refractivity (Wildman–Crippen MR) is 70.6 cm³/mol. The molecule has 1 saturated heterocycles. The maximum absolute atomic E-state index is 2.68. The third-order valence-electron chi connectivity index (χ3n) is 4.68. The first-order chi connectivity index (χ1) is 8.43.